The van der Waals surface area contributed by atoms with Crippen molar-refractivity contribution in [3.63, 3.8) is 0 Å². The number of carbonyl (C=O) groups excluding carboxylic acids is 1. The lowest BCUT2D eigenvalue weighted by Crippen LogP contribution is -2.13. The van der Waals surface area contributed by atoms with Crippen molar-refractivity contribution in [2.24, 2.45) is 0 Å². The van der Waals surface area contributed by atoms with Crippen LogP contribution >= 0.6 is 0 Å². The molecule has 22 heavy (non-hydrogen) atoms. The molecule has 6 heteroatoms. The number of carbonyl (C=O) groups is 1. The van der Waals surface area contributed by atoms with E-state index < -0.39 is 17.5 Å². The van der Waals surface area contributed by atoms with Gasteiger partial charge in [0.25, 0.3) is 5.91 Å². The molecular weight excluding hydrogens is 288 g/mol. The van der Waals surface area contributed by atoms with Crippen LogP contribution in [0.4, 0.5) is 14.5 Å². The van der Waals surface area contributed by atoms with Crippen molar-refractivity contribution in [2.75, 3.05) is 5.32 Å². The van der Waals surface area contributed by atoms with Gasteiger partial charge in [-0.1, -0.05) is 0 Å². The normalized spacial score (nSPS) is 10.5. The average molecular weight is 299 g/mol. The number of hydrogen-bond acceptors (Lipinski definition) is 2. The minimum atomic E-state index is -0.692. The summed E-state index contributed by atoms with van der Waals surface area (Å²) in [6.07, 6.45) is 3.42. The number of aromatic nitrogens is 2. The maximum absolute atomic E-state index is 13.5. The fourth-order valence-corrected chi connectivity index (χ4v) is 1.97. The van der Waals surface area contributed by atoms with Gasteiger partial charge in [-0.2, -0.15) is 5.10 Å². The van der Waals surface area contributed by atoms with Crippen molar-refractivity contribution in [1.82, 2.24) is 9.78 Å². The molecule has 2 aromatic carbocycles. The maximum atomic E-state index is 13.5. The number of nitrogens with one attached hydrogen (secondary N) is 1. The lowest BCUT2D eigenvalue weighted by atomic mass is 10.2. The molecule has 0 fully saturated rings. The Hall–Kier alpha value is -3.02. The van der Waals surface area contributed by atoms with E-state index in [1.807, 2.05) is 0 Å². The van der Waals surface area contributed by atoms with Crippen LogP contribution in [0, 0.1) is 11.6 Å². The Balaban J connectivity index is 1.79. The number of benzene rings is 2. The first-order valence-corrected chi connectivity index (χ1v) is 6.50. The Morgan fingerprint density at radius 1 is 1.09 bits per heavy atom. The summed E-state index contributed by atoms with van der Waals surface area (Å²) in [4.78, 5) is 12.1. The number of halogens is 2. The number of hydrogen-bond donors (Lipinski definition) is 1. The Labute approximate surface area is 125 Å². The summed E-state index contributed by atoms with van der Waals surface area (Å²) in [5.74, 6) is -1.83. The molecule has 0 spiro atoms. The smallest absolute Gasteiger partial charge is 0.255 e. The molecule has 0 aliphatic heterocycles. The summed E-state index contributed by atoms with van der Waals surface area (Å²) in [7, 11) is 0. The van der Waals surface area contributed by atoms with Crippen molar-refractivity contribution in [3.05, 3.63) is 78.1 Å². The van der Waals surface area contributed by atoms with Gasteiger partial charge in [-0.3, -0.25) is 4.79 Å². The third kappa shape index (κ3) is 2.85. The highest BCUT2D eigenvalue weighted by Gasteiger charge is 2.10. The Bertz CT molecular complexity index is 799. The largest absolute Gasteiger partial charge is 0.319 e. The average Bonchev–Trinajstić information content (AvgIpc) is 3.05. The molecule has 1 amide bonds. The van der Waals surface area contributed by atoms with Crippen molar-refractivity contribution < 1.29 is 13.6 Å². The van der Waals surface area contributed by atoms with E-state index in [2.05, 4.69) is 10.4 Å². The van der Waals surface area contributed by atoms with Gasteiger partial charge in [0.2, 0.25) is 0 Å². The quantitative estimate of drug-likeness (QED) is 0.805. The van der Waals surface area contributed by atoms with Crippen molar-refractivity contribution in [2.45, 2.75) is 0 Å². The third-order valence-electron chi connectivity index (χ3n) is 3.08. The van der Waals surface area contributed by atoms with Crippen LogP contribution in [0.25, 0.3) is 5.69 Å². The molecule has 3 rings (SSSR count). The van der Waals surface area contributed by atoms with Gasteiger partial charge < -0.3 is 5.32 Å². The predicted octanol–water partition coefficient (Wildman–Crippen LogP) is 3.40. The van der Waals surface area contributed by atoms with E-state index >= 15 is 0 Å². The van der Waals surface area contributed by atoms with Gasteiger partial charge in [-0.25, -0.2) is 13.5 Å². The number of amides is 1. The van der Waals surface area contributed by atoms with Crippen molar-refractivity contribution in [1.29, 1.82) is 0 Å². The maximum Gasteiger partial charge on any atom is 0.255 e. The summed E-state index contributed by atoms with van der Waals surface area (Å²) in [5, 5.41) is 6.42. The van der Waals surface area contributed by atoms with E-state index in [-0.39, 0.29) is 5.69 Å². The van der Waals surface area contributed by atoms with Gasteiger partial charge in [0.05, 0.1) is 11.4 Å². The zero-order chi connectivity index (χ0) is 15.5. The Kier molecular flexibility index (Phi) is 3.65. The lowest BCUT2D eigenvalue weighted by Gasteiger charge is -2.07. The molecule has 0 unspecified atom stereocenters. The van der Waals surface area contributed by atoms with Crippen molar-refractivity contribution in [3.8, 4) is 5.69 Å². The van der Waals surface area contributed by atoms with Crippen LogP contribution in [0.2, 0.25) is 0 Å². The molecule has 0 saturated carbocycles. The fraction of sp³-hybridized carbons (Fsp3) is 0. The van der Waals surface area contributed by atoms with E-state index in [4.69, 9.17) is 0 Å². The van der Waals surface area contributed by atoms with Crippen LogP contribution in [0.1, 0.15) is 10.4 Å². The summed E-state index contributed by atoms with van der Waals surface area (Å²) in [5.41, 5.74) is 0.930. The molecule has 0 atom stereocenters. The Morgan fingerprint density at radius 2 is 1.86 bits per heavy atom. The van der Waals surface area contributed by atoms with Crippen LogP contribution in [-0.2, 0) is 0 Å². The molecule has 3 aromatic rings. The van der Waals surface area contributed by atoms with Gasteiger partial charge in [-0.05, 0) is 42.5 Å². The second kappa shape index (κ2) is 5.77. The monoisotopic (exact) mass is 299 g/mol. The van der Waals surface area contributed by atoms with E-state index in [1.165, 1.54) is 0 Å². The molecule has 0 bridgehead atoms. The van der Waals surface area contributed by atoms with Crippen molar-refractivity contribution >= 4 is 11.6 Å². The number of nitrogens with zero attached hydrogens (tertiary/aromatic N) is 2. The number of rotatable bonds is 3. The molecule has 1 N–H and O–H groups in total. The third-order valence-corrected chi connectivity index (χ3v) is 3.08. The lowest BCUT2D eigenvalue weighted by molar-refractivity contribution is 0.102. The molecular formula is C16H11F2N3O. The Morgan fingerprint density at radius 3 is 2.55 bits per heavy atom. The summed E-state index contributed by atoms with van der Waals surface area (Å²) in [6, 6.07) is 11.3. The summed E-state index contributed by atoms with van der Waals surface area (Å²) in [6.45, 7) is 0. The second-order valence-corrected chi connectivity index (χ2v) is 4.58. The first-order valence-electron chi connectivity index (χ1n) is 6.50. The van der Waals surface area contributed by atoms with E-state index in [0.717, 1.165) is 23.9 Å². The van der Waals surface area contributed by atoms with Crippen LogP contribution in [0.5, 0.6) is 0 Å². The molecule has 1 aromatic heterocycles. The topological polar surface area (TPSA) is 46.9 Å². The first-order chi connectivity index (χ1) is 10.6. The zero-order valence-electron chi connectivity index (χ0n) is 11.3. The van der Waals surface area contributed by atoms with E-state index in [9.17, 15) is 13.6 Å². The molecule has 0 aliphatic carbocycles. The van der Waals surface area contributed by atoms with Gasteiger partial charge in [0, 0.05) is 24.0 Å². The molecule has 0 aliphatic rings. The summed E-state index contributed by atoms with van der Waals surface area (Å²) < 4.78 is 28.2. The van der Waals surface area contributed by atoms with Crippen LogP contribution in [0.3, 0.4) is 0 Å². The summed E-state index contributed by atoms with van der Waals surface area (Å²) >= 11 is 0. The van der Waals surface area contributed by atoms with E-state index in [1.54, 1.807) is 47.4 Å². The molecule has 110 valence electrons. The standard InChI is InChI=1S/C16H11F2N3O/c17-12-4-7-14(18)15(10-12)20-16(22)11-2-5-13(6-3-11)21-9-1-8-19-21/h1-10H,(H,20,22). The van der Waals surface area contributed by atoms with Crippen LogP contribution < -0.4 is 5.32 Å². The molecule has 0 radical (unpaired) electrons. The van der Waals surface area contributed by atoms with Crippen LogP contribution in [-0.4, -0.2) is 15.7 Å². The zero-order valence-corrected chi connectivity index (χ0v) is 11.3. The second-order valence-electron chi connectivity index (χ2n) is 4.58. The highest BCUT2D eigenvalue weighted by molar-refractivity contribution is 6.04. The van der Waals surface area contributed by atoms with Gasteiger partial charge >= 0.3 is 0 Å². The van der Waals surface area contributed by atoms with Crippen LogP contribution in [0.15, 0.2) is 60.9 Å². The highest BCUT2D eigenvalue weighted by atomic mass is 19.1. The highest BCUT2D eigenvalue weighted by Crippen LogP contribution is 2.17. The fourth-order valence-electron chi connectivity index (χ4n) is 1.97. The van der Waals surface area contributed by atoms with Gasteiger partial charge in [0.15, 0.2) is 0 Å². The minimum Gasteiger partial charge on any atom is -0.319 e. The SMILES string of the molecule is O=C(Nc1cc(F)ccc1F)c1ccc(-n2cccn2)cc1. The molecule has 1 heterocycles. The first kappa shape index (κ1) is 13.9. The number of anilines is 1. The molecule has 0 saturated heterocycles. The minimum absolute atomic E-state index is 0.193. The van der Waals surface area contributed by atoms with Gasteiger partial charge in [-0.15, -0.1) is 0 Å². The predicted molar refractivity (Wildman–Crippen MR) is 77.9 cm³/mol. The molecule has 4 nitrogen and oxygen atoms in total. The van der Waals surface area contributed by atoms with E-state index in [0.29, 0.717) is 5.56 Å². The van der Waals surface area contributed by atoms with Gasteiger partial charge in [0.1, 0.15) is 11.6 Å².